The van der Waals surface area contributed by atoms with Gasteiger partial charge >= 0.3 is 0 Å². The van der Waals surface area contributed by atoms with Crippen molar-refractivity contribution < 1.29 is 9.47 Å². The molecule has 0 spiro atoms. The highest BCUT2D eigenvalue weighted by atomic mass is 16.5. The van der Waals surface area contributed by atoms with Crippen molar-refractivity contribution in [3.8, 4) is 23.8 Å². The molecule has 0 atom stereocenters. The molecule has 3 heteroatoms. The van der Waals surface area contributed by atoms with Crippen molar-refractivity contribution in [3.63, 3.8) is 0 Å². The van der Waals surface area contributed by atoms with Gasteiger partial charge in [0.05, 0.1) is 6.61 Å². The summed E-state index contributed by atoms with van der Waals surface area (Å²) < 4.78 is 11.2. The van der Waals surface area contributed by atoms with Gasteiger partial charge in [-0.2, -0.15) is 0 Å². The summed E-state index contributed by atoms with van der Waals surface area (Å²) in [6.07, 6.45) is 8.96. The van der Waals surface area contributed by atoms with Gasteiger partial charge in [-0.1, -0.05) is 37.8 Å². The topological polar surface area (TPSA) is 30.5 Å². The third kappa shape index (κ3) is 5.54. The van der Waals surface area contributed by atoms with Crippen molar-refractivity contribution in [2.24, 2.45) is 0 Å². The molecule has 0 aliphatic rings. The molecule has 0 aliphatic carbocycles. The summed E-state index contributed by atoms with van der Waals surface area (Å²) in [4.78, 5) is 0. The first kappa shape index (κ1) is 16.4. The van der Waals surface area contributed by atoms with Crippen LogP contribution >= 0.6 is 0 Å². The van der Waals surface area contributed by atoms with E-state index < -0.39 is 0 Å². The Morgan fingerprint density at radius 1 is 1.20 bits per heavy atom. The van der Waals surface area contributed by atoms with Crippen LogP contribution in [0, 0.1) is 12.3 Å². The van der Waals surface area contributed by atoms with Crippen LogP contribution in [0.5, 0.6) is 11.5 Å². The minimum absolute atomic E-state index is 0.257. The molecule has 0 saturated carbocycles. The highest BCUT2D eigenvalue weighted by molar-refractivity contribution is 5.46. The SMILES string of the molecule is C#CCOc1c(CNCCCCC)cccc1OCC. The standard InChI is InChI=1S/C17H25NO2/c1-4-7-8-12-18-14-15-10-9-11-16(19-6-3)17(15)20-13-5-2/h2,9-11,18H,4,6-8,12-14H2,1,3H3. The lowest BCUT2D eigenvalue weighted by Gasteiger charge is -2.15. The van der Waals surface area contributed by atoms with Gasteiger partial charge in [0.1, 0.15) is 6.61 Å². The number of hydrogen-bond donors (Lipinski definition) is 1. The van der Waals surface area contributed by atoms with Gasteiger partial charge in [-0.05, 0) is 26.0 Å². The van der Waals surface area contributed by atoms with Crippen molar-refractivity contribution in [3.05, 3.63) is 23.8 Å². The lowest BCUT2D eigenvalue weighted by molar-refractivity contribution is 0.296. The molecule has 0 saturated heterocycles. The zero-order valence-electron chi connectivity index (χ0n) is 12.6. The molecule has 0 heterocycles. The summed E-state index contributed by atoms with van der Waals surface area (Å²) in [5.41, 5.74) is 1.09. The monoisotopic (exact) mass is 275 g/mol. The van der Waals surface area contributed by atoms with E-state index in [1.807, 2.05) is 25.1 Å². The van der Waals surface area contributed by atoms with Gasteiger partial charge in [0.25, 0.3) is 0 Å². The summed E-state index contributed by atoms with van der Waals surface area (Å²) in [6.45, 7) is 6.82. The largest absolute Gasteiger partial charge is 0.490 e. The molecule has 1 rings (SSSR count). The molecule has 110 valence electrons. The van der Waals surface area contributed by atoms with E-state index in [0.29, 0.717) is 6.61 Å². The van der Waals surface area contributed by atoms with Gasteiger partial charge in [0.15, 0.2) is 11.5 Å². The molecule has 20 heavy (non-hydrogen) atoms. The minimum Gasteiger partial charge on any atom is -0.490 e. The van der Waals surface area contributed by atoms with Crippen LogP contribution < -0.4 is 14.8 Å². The predicted octanol–water partition coefficient (Wildman–Crippen LogP) is 3.38. The van der Waals surface area contributed by atoms with Crippen LogP contribution in [0.2, 0.25) is 0 Å². The van der Waals surface area contributed by atoms with E-state index in [-0.39, 0.29) is 6.61 Å². The average molecular weight is 275 g/mol. The third-order valence-electron chi connectivity index (χ3n) is 2.93. The molecular weight excluding hydrogens is 250 g/mol. The van der Waals surface area contributed by atoms with Crippen LogP contribution in [0.3, 0.4) is 0 Å². The fraction of sp³-hybridized carbons (Fsp3) is 0.529. The maximum Gasteiger partial charge on any atom is 0.167 e. The van der Waals surface area contributed by atoms with E-state index in [1.54, 1.807) is 0 Å². The molecule has 0 radical (unpaired) electrons. The lowest BCUT2D eigenvalue weighted by Crippen LogP contribution is -2.16. The Balaban J connectivity index is 2.67. The van der Waals surface area contributed by atoms with Crippen LogP contribution in [-0.4, -0.2) is 19.8 Å². The fourth-order valence-corrected chi connectivity index (χ4v) is 1.97. The Morgan fingerprint density at radius 3 is 2.75 bits per heavy atom. The maximum absolute atomic E-state index is 5.65. The molecule has 0 amide bonds. The Bertz CT molecular complexity index is 423. The van der Waals surface area contributed by atoms with Crippen molar-refractivity contribution in [1.29, 1.82) is 0 Å². The van der Waals surface area contributed by atoms with Crippen molar-refractivity contribution >= 4 is 0 Å². The van der Waals surface area contributed by atoms with Gasteiger partial charge in [-0.25, -0.2) is 0 Å². The van der Waals surface area contributed by atoms with E-state index in [9.17, 15) is 0 Å². The summed E-state index contributed by atoms with van der Waals surface area (Å²) in [7, 11) is 0. The van der Waals surface area contributed by atoms with Crippen molar-refractivity contribution in [1.82, 2.24) is 5.32 Å². The number of hydrogen-bond acceptors (Lipinski definition) is 3. The Morgan fingerprint density at radius 2 is 2.05 bits per heavy atom. The lowest BCUT2D eigenvalue weighted by atomic mass is 10.1. The number of benzene rings is 1. The second-order valence-electron chi connectivity index (χ2n) is 4.55. The normalized spacial score (nSPS) is 10.1. The van der Waals surface area contributed by atoms with Gasteiger partial charge in [-0.15, -0.1) is 6.42 Å². The van der Waals surface area contributed by atoms with Crippen molar-refractivity contribution in [2.75, 3.05) is 19.8 Å². The Hall–Kier alpha value is -1.66. The summed E-state index contributed by atoms with van der Waals surface area (Å²) in [5.74, 6) is 4.02. The van der Waals surface area contributed by atoms with Crippen LogP contribution in [-0.2, 0) is 6.54 Å². The molecule has 1 aromatic rings. The smallest absolute Gasteiger partial charge is 0.167 e. The Kier molecular flexibility index (Phi) is 8.33. The van der Waals surface area contributed by atoms with Gasteiger partial charge < -0.3 is 14.8 Å². The zero-order valence-corrected chi connectivity index (χ0v) is 12.6. The van der Waals surface area contributed by atoms with Crippen LogP contribution in [0.25, 0.3) is 0 Å². The molecule has 3 nitrogen and oxygen atoms in total. The second-order valence-corrected chi connectivity index (χ2v) is 4.55. The van der Waals surface area contributed by atoms with E-state index in [0.717, 1.165) is 30.2 Å². The van der Waals surface area contributed by atoms with Gasteiger partial charge in [-0.3, -0.25) is 0 Å². The maximum atomic E-state index is 5.65. The van der Waals surface area contributed by atoms with Crippen LogP contribution in [0.1, 0.15) is 38.7 Å². The van der Waals surface area contributed by atoms with E-state index in [2.05, 4.69) is 18.2 Å². The highest BCUT2D eigenvalue weighted by Crippen LogP contribution is 2.31. The van der Waals surface area contributed by atoms with E-state index in [4.69, 9.17) is 15.9 Å². The number of ether oxygens (including phenoxy) is 2. The molecule has 0 unspecified atom stereocenters. The summed E-state index contributed by atoms with van der Waals surface area (Å²) >= 11 is 0. The first-order valence-electron chi connectivity index (χ1n) is 7.35. The average Bonchev–Trinajstić information content (AvgIpc) is 2.46. The van der Waals surface area contributed by atoms with E-state index >= 15 is 0 Å². The highest BCUT2D eigenvalue weighted by Gasteiger charge is 2.10. The molecule has 1 aromatic carbocycles. The number of nitrogens with one attached hydrogen (secondary N) is 1. The number of rotatable bonds is 10. The van der Waals surface area contributed by atoms with Crippen LogP contribution in [0.15, 0.2) is 18.2 Å². The molecule has 0 bridgehead atoms. The van der Waals surface area contributed by atoms with Crippen LogP contribution in [0.4, 0.5) is 0 Å². The molecule has 0 aliphatic heterocycles. The summed E-state index contributed by atoms with van der Waals surface area (Å²) in [5, 5.41) is 3.44. The minimum atomic E-state index is 0.257. The zero-order chi connectivity index (χ0) is 14.6. The Labute approximate surface area is 122 Å². The third-order valence-corrected chi connectivity index (χ3v) is 2.93. The number of unbranched alkanes of at least 4 members (excludes halogenated alkanes) is 2. The molecule has 0 fully saturated rings. The van der Waals surface area contributed by atoms with E-state index in [1.165, 1.54) is 19.3 Å². The molecule has 0 aromatic heterocycles. The second kappa shape index (κ2) is 10.2. The number of terminal acetylenes is 1. The molecular formula is C17H25NO2. The first-order chi connectivity index (χ1) is 9.83. The van der Waals surface area contributed by atoms with Crippen molar-refractivity contribution in [2.45, 2.75) is 39.7 Å². The van der Waals surface area contributed by atoms with Gasteiger partial charge in [0.2, 0.25) is 0 Å². The quantitative estimate of drug-likeness (QED) is 0.524. The predicted molar refractivity (Wildman–Crippen MR) is 83.2 cm³/mol. The van der Waals surface area contributed by atoms with Gasteiger partial charge in [0, 0.05) is 12.1 Å². The number of para-hydroxylation sites is 1. The first-order valence-corrected chi connectivity index (χ1v) is 7.35. The molecule has 1 N–H and O–H groups in total. The summed E-state index contributed by atoms with van der Waals surface area (Å²) in [6, 6.07) is 5.94. The fourth-order valence-electron chi connectivity index (χ4n) is 1.97.